The van der Waals surface area contributed by atoms with Gasteiger partial charge >= 0.3 is 0 Å². The number of pyridine rings is 1. The molecule has 9 nitrogen and oxygen atoms in total. The number of amides is 1. The van der Waals surface area contributed by atoms with Crippen LogP contribution in [0.1, 0.15) is 37.0 Å². The van der Waals surface area contributed by atoms with Gasteiger partial charge in [0, 0.05) is 18.4 Å². The van der Waals surface area contributed by atoms with Crippen molar-refractivity contribution in [2.45, 2.75) is 44.9 Å². The number of ether oxygens (including phenoxy) is 1. The standard InChI is InChI=1S/C21H25ClN6O3/c1-12(2)26-19-5-18(16-8-25-28-9-13(22)6-24-20(16)28)23-7-17(19)21(30)27-14-3-4-15(10-29)31-11-14/h5-9,12,14-15,29H,3-4,10-11H2,1-2H3,(H,23,26)(H,27,30)/t14?,15-/m0/s1. The average Bonchev–Trinajstić information content (AvgIpc) is 3.16. The van der Waals surface area contributed by atoms with Crippen molar-refractivity contribution in [3.05, 3.63) is 41.4 Å². The first-order valence-corrected chi connectivity index (χ1v) is 10.6. The first kappa shape index (κ1) is 21.5. The maximum absolute atomic E-state index is 13.0. The number of hydrogen-bond acceptors (Lipinski definition) is 7. The second-order valence-electron chi connectivity index (χ2n) is 7.90. The zero-order valence-electron chi connectivity index (χ0n) is 17.4. The van der Waals surface area contributed by atoms with Gasteiger partial charge in [-0.25, -0.2) is 9.50 Å². The Kier molecular flexibility index (Phi) is 6.35. The minimum absolute atomic E-state index is 0.000874. The Morgan fingerprint density at radius 1 is 1.32 bits per heavy atom. The van der Waals surface area contributed by atoms with Crippen LogP contribution in [0.3, 0.4) is 0 Å². The molecule has 3 N–H and O–H groups in total. The fourth-order valence-electron chi connectivity index (χ4n) is 3.57. The summed E-state index contributed by atoms with van der Waals surface area (Å²) in [6, 6.07) is 1.85. The summed E-state index contributed by atoms with van der Waals surface area (Å²) in [7, 11) is 0. The third kappa shape index (κ3) is 4.79. The van der Waals surface area contributed by atoms with Crippen molar-refractivity contribution >= 4 is 28.8 Å². The van der Waals surface area contributed by atoms with Crippen LogP contribution < -0.4 is 10.6 Å². The summed E-state index contributed by atoms with van der Waals surface area (Å²) in [6.07, 6.45) is 7.79. The van der Waals surface area contributed by atoms with Crippen LogP contribution in [-0.2, 0) is 4.74 Å². The van der Waals surface area contributed by atoms with Gasteiger partial charge in [-0.3, -0.25) is 9.78 Å². The Hall–Kier alpha value is -2.75. The van der Waals surface area contributed by atoms with Crippen LogP contribution in [0, 0.1) is 0 Å². The van der Waals surface area contributed by atoms with E-state index in [1.54, 1.807) is 29.3 Å². The summed E-state index contributed by atoms with van der Waals surface area (Å²) in [5.41, 5.74) is 3.15. The van der Waals surface area contributed by atoms with Gasteiger partial charge in [-0.2, -0.15) is 5.10 Å². The summed E-state index contributed by atoms with van der Waals surface area (Å²) in [6.45, 7) is 4.39. The number of aliphatic hydroxyl groups is 1. The summed E-state index contributed by atoms with van der Waals surface area (Å²) in [5, 5.41) is 20.3. The second kappa shape index (κ2) is 9.17. The molecule has 4 heterocycles. The monoisotopic (exact) mass is 444 g/mol. The predicted octanol–water partition coefficient (Wildman–Crippen LogP) is 2.53. The highest BCUT2D eigenvalue weighted by atomic mass is 35.5. The number of anilines is 1. The minimum atomic E-state index is -0.219. The third-order valence-corrected chi connectivity index (χ3v) is 5.30. The Balaban J connectivity index is 1.60. The van der Waals surface area contributed by atoms with E-state index in [4.69, 9.17) is 16.3 Å². The van der Waals surface area contributed by atoms with Crippen molar-refractivity contribution in [2.75, 3.05) is 18.5 Å². The number of carbonyl (C=O) groups excluding carboxylic acids is 1. The van der Waals surface area contributed by atoms with Crippen molar-refractivity contribution < 1.29 is 14.6 Å². The normalized spacial score (nSPS) is 19.0. The molecule has 3 aromatic rings. The van der Waals surface area contributed by atoms with E-state index in [-0.39, 0.29) is 30.7 Å². The lowest BCUT2D eigenvalue weighted by Gasteiger charge is -2.28. The van der Waals surface area contributed by atoms with E-state index in [9.17, 15) is 9.90 Å². The molecule has 1 saturated heterocycles. The van der Waals surface area contributed by atoms with Gasteiger partial charge in [0.05, 0.1) is 65.3 Å². The number of hydrogen-bond donors (Lipinski definition) is 3. The molecule has 10 heteroatoms. The SMILES string of the molecule is CC(C)Nc1cc(-c2cnn3cc(Cl)cnc23)ncc1C(=O)NC1CC[C@@H](CO)OC1. The van der Waals surface area contributed by atoms with E-state index >= 15 is 0 Å². The molecule has 0 aromatic carbocycles. The van der Waals surface area contributed by atoms with Gasteiger partial charge in [-0.1, -0.05) is 11.6 Å². The predicted molar refractivity (Wildman–Crippen MR) is 117 cm³/mol. The van der Waals surface area contributed by atoms with E-state index in [1.165, 1.54) is 0 Å². The van der Waals surface area contributed by atoms with Crippen LogP contribution in [0.5, 0.6) is 0 Å². The highest BCUT2D eigenvalue weighted by Gasteiger charge is 2.24. The maximum atomic E-state index is 13.0. The number of carbonyl (C=O) groups is 1. The molecule has 1 amide bonds. The zero-order chi connectivity index (χ0) is 22.0. The summed E-state index contributed by atoms with van der Waals surface area (Å²) in [4.78, 5) is 21.8. The van der Waals surface area contributed by atoms with Gasteiger partial charge in [-0.15, -0.1) is 0 Å². The van der Waals surface area contributed by atoms with E-state index < -0.39 is 0 Å². The third-order valence-electron chi connectivity index (χ3n) is 5.10. The van der Waals surface area contributed by atoms with Crippen molar-refractivity contribution in [1.29, 1.82) is 0 Å². The quantitative estimate of drug-likeness (QED) is 0.535. The molecule has 0 bridgehead atoms. The molecule has 3 aromatic heterocycles. The number of nitrogens with zero attached hydrogens (tertiary/aromatic N) is 4. The van der Waals surface area contributed by atoms with Gasteiger partial charge in [0.1, 0.15) is 0 Å². The Morgan fingerprint density at radius 2 is 2.16 bits per heavy atom. The van der Waals surface area contributed by atoms with Crippen LogP contribution in [0.25, 0.3) is 16.9 Å². The molecule has 1 aliphatic rings. The van der Waals surface area contributed by atoms with Crippen LogP contribution >= 0.6 is 11.6 Å². The molecule has 4 rings (SSSR count). The van der Waals surface area contributed by atoms with Crippen molar-refractivity contribution in [2.24, 2.45) is 0 Å². The molecule has 0 spiro atoms. The minimum Gasteiger partial charge on any atom is -0.394 e. The number of rotatable bonds is 6. The maximum Gasteiger partial charge on any atom is 0.255 e. The summed E-state index contributed by atoms with van der Waals surface area (Å²) >= 11 is 5.99. The van der Waals surface area contributed by atoms with Crippen LogP contribution in [-0.4, -0.2) is 62.0 Å². The molecule has 164 valence electrons. The molecule has 31 heavy (non-hydrogen) atoms. The van der Waals surface area contributed by atoms with E-state index in [1.807, 2.05) is 19.9 Å². The summed E-state index contributed by atoms with van der Waals surface area (Å²) < 4.78 is 7.16. The molecule has 1 aliphatic heterocycles. The smallest absolute Gasteiger partial charge is 0.255 e. The number of aliphatic hydroxyl groups excluding tert-OH is 1. The van der Waals surface area contributed by atoms with E-state index in [2.05, 4.69) is 25.7 Å². The molecular formula is C21H25ClN6O3. The topological polar surface area (TPSA) is 114 Å². The fraction of sp³-hybridized carbons (Fsp3) is 0.429. The van der Waals surface area contributed by atoms with Crippen molar-refractivity contribution in [3.8, 4) is 11.3 Å². The Labute approximate surface area is 184 Å². The first-order valence-electron chi connectivity index (χ1n) is 10.2. The van der Waals surface area contributed by atoms with Gasteiger partial charge in [0.15, 0.2) is 5.65 Å². The van der Waals surface area contributed by atoms with Gasteiger partial charge in [0.25, 0.3) is 5.91 Å². The molecule has 1 unspecified atom stereocenters. The molecule has 2 atom stereocenters. The lowest BCUT2D eigenvalue weighted by Crippen LogP contribution is -2.43. The average molecular weight is 445 g/mol. The lowest BCUT2D eigenvalue weighted by molar-refractivity contribution is -0.0305. The molecule has 1 fully saturated rings. The molecular weight excluding hydrogens is 420 g/mol. The van der Waals surface area contributed by atoms with Gasteiger partial charge in [-0.05, 0) is 32.8 Å². The Morgan fingerprint density at radius 3 is 2.87 bits per heavy atom. The summed E-state index contributed by atoms with van der Waals surface area (Å²) in [5.74, 6) is -0.219. The van der Waals surface area contributed by atoms with Crippen LogP contribution in [0.15, 0.2) is 30.9 Å². The van der Waals surface area contributed by atoms with Gasteiger partial charge in [0.2, 0.25) is 0 Å². The Bertz CT molecular complexity index is 1080. The zero-order valence-corrected chi connectivity index (χ0v) is 18.1. The number of halogens is 1. The molecule has 0 aliphatic carbocycles. The highest BCUT2D eigenvalue weighted by Crippen LogP contribution is 2.27. The van der Waals surface area contributed by atoms with E-state index in [0.29, 0.717) is 40.6 Å². The highest BCUT2D eigenvalue weighted by molar-refractivity contribution is 6.30. The fourth-order valence-corrected chi connectivity index (χ4v) is 3.71. The van der Waals surface area contributed by atoms with Crippen molar-refractivity contribution in [3.63, 3.8) is 0 Å². The number of aromatic nitrogens is 4. The largest absolute Gasteiger partial charge is 0.394 e. The van der Waals surface area contributed by atoms with Gasteiger partial charge < -0.3 is 20.5 Å². The van der Waals surface area contributed by atoms with Crippen LogP contribution in [0.4, 0.5) is 5.69 Å². The number of fused-ring (bicyclic) bond motifs is 1. The second-order valence-corrected chi connectivity index (χ2v) is 8.33. The van der Waals surface area contributed by atoms with Crippen LogP contribution in [0.2, 0.25) is 5.02 Å². The number of nitrogens with one attached hydrogen (secondary N) is 2. The van der Waals surface area contributed by atoms with E-state index in [0.717, 1.165) is 12.0 Å². The van der Waals surface area contributed by atoms with Crippen molar-refractivity contribution in [1.82, 2.24) is 24.9 Å². The molecule has 0 saturated carbocycles. The first-order chi connectivity index (χ1) is 14.9. The molecule has 0 radical (unpaired) electrons. The lowest BCUT2D eigenvalue weighted by atomic mass is 10.0.